The molecule has 0 radical (unpaired) electrons. The quantitative estimate of drug-likeness (QED) is 0.788. The van der Waals surface area contributed by atoms with Crippen molar-refractivity contribution >= 4 is 0 Å². The van der Waals surface area contributed by atoms with Crippen molar-refractivity contribution in [2.45, 2.75) is 6.10 Å². The molecule has 1 heterocycles. The Hall–Kier alpha value is -2.52. The van der Waals surface area contributed by atoms with Gasteiger partial charge in [0.25, 0.3) is 0 Å². The number of hydrogen-bond donors (Lipinski definition) is 1. The third-order valence-electron chi connectivity index (χ3n) is 3.16. The number of hydrogen-bond acceptors (Lipinski definition) is 3. The minimum absolute atomic E-state index is 0.417. The van der Waals surface area contributed by atoms with Crippen LogP contribution in [0.3, 0.4) is 0 Å². The van der Waals surface area contributed by atoms with Crippen LogP contribution in [-0.4, -0.2) is 15.1 Å². The SMILES string of the molecule is OC(c1ccc(-c2ccccc2)cc1)c1ncccn1. The van der Waals surface area contributed by atoms with E-state index in [-0.39, 0.29) is 0 Å². The first-order valence-electron chi connectivity index (χ1n) is 6.45. The summed E-state index contributed by atoms with van der Waals surface area (Å²) in [6.45, 7) is 0. The Morgan fingerprint density at radius 2 is 1.30 bits per heavy atom. The molecule has 0 aliphatic carbocycles. The van der Waals surface area contributed by atoms with Gasteiger partial charge in [0, 0.05) is 12.4 Å². The van der Waals surface area contributed by atoms with Crippen LogP contribution in [0, 0.1) is 0 Å². The maximum absolute atomic E-state index is 10.2. The molecule has 0 aliphatic heterocycles. The molecule has 0 fully saturated rings. The summed E-state index contributed by atoms with van der Waals surface area (Å²) in [6.07, 6.45) is 2.47. The van der Waals surface area contributed by atoms with Gasteiger partial charge in [-0.25, -0.2) is 9.97 Å². The lowest BCUT2D eigenvalue weighted by atomic mass is 10.0. The van der Waals surface area contributed by atoms with E-state index in [9.17, 15) is 5.11 Å². The van der Waals surface area contributed by atoms with Crippen molar-refractivity contribution in [1.82, 2.24) is 9.97 Å². The van der Waals surface area contributed by atoms with Crippen LogP contribution in [-0.2, 0) is 0 Å². The van der Waals surface area contributed by atoms with Crippen molar-refractivity contribution in [2.75, 3.05) is 0 Å². The van der Waals surface area contributed by atoms with Crippen molar-refractivity contribution in [3.8, 4) is 11.1 Å². The van der Waals surface area contributed by atoms with Gasteiger partial charge in [-0.3, -0.25) is 0 Å². The van der Waals surface area contributed by atoms with E-state index >= 15 is 0 Å². The summed E-state index contributed by atoms with van der Waals surface area (Å²) in [5, 5.41) is 10.2. The minimum atomic E-state index is -0.791. The molecule has 3 aromatic rings. The lowest BCUT2D eigenvalue weighted by Gasteiger charge is -2.10. The predicted octanol–water partition coefficient (Wildman–Crippen LogP) is 3.23. The minimum Gasteiger partial charge on any atom is -0.380 e. The number of rotatable bonds is 3. The molecule has 0 saturated heterocycles. The maximum atomic E-state index is 10.2. The molecular weight excluding hydrogens is 248 g/mol. The summed E-state index contributed by atoms with van der Waals surface area (Å²) in [6, 6.07) is 19.7. The first-order chi connectivity index (χ1) is 9.84. The zero-order chi connectivity index (χ0) is 13.8. The highest BCUT2D eigenvalue weighted by atomic mass is 16.3. The Kier molecular flexibility index (Phi) is 3.52. The summed E-state index contributed by atoms with van der Waals surface area (Å²) < 4.78 is 0. The summed E-state index contributed by atoms with van der Waals surface area (Å²) >= 11 is 0. The standard InChI is InChI=1S/C17H14N2O/c20-16(17-18-11-4-12-19-17)15-9-7-14(8-10-15)13-5-2-1-3-6-13/h1-12,16,20H. The molecule has 3 heteroatoms. The van der Waals surface area contributed by atoms with E-state index in [1.165, 1.54) is 0 Å². The number of aromatic nitrogens is 2. The monoisotopic (exact) mass is 262 g/mol. The number of aliphatic hydroxyl groups excluding tert-OH is 1. The first kappa shape index (κ1) is 12.5. The average molecular weight is 262 g/mol. The van der Waals surface area contributed by atoms with Crippen molar-refractivity contribution < 1.29 is 5.11 Å². The van der Waals surface area contributed by atoms with Crippen LogP contribution in [0.15, 0.2) is 73.1 Å². The van der Waals surface area contributed by atoms with Gasteiger partial charge in [-0.05, 0) is 22.8 Å². The van der Waals surface area contributed by atoms with Gasteiger partial charge in [0.2, 0.25) is 0 Å². The highest BCUT2D eigenvalue weighted by molar-refractivity contribution is 5.63. The van der Waals surface area contributed by atoms with Gasteiger partial charge in [-0.15, -0.1) is 0 Å². The highest BCUT2D eigenvalue weighted by Crippen LogP contribution is 2.23. The zero-order valence-corrected chi connectivity index (χ0v) is 10.8. The average Bonchev–Trinajstić information content (AvgIpc) is 2.56. The second-order valence-corrected chi connectivity index (χ2v) is 4.50. The van der Waals surface area contributed by atoms with Crippen LogP contribution >= 0.6 is 0 Å². The van der Waals surface area contributed by atoms with E-state index < -0.39 is 6.10 Å². The highest BCUT2D eigenvalue weighted by Gasteiger charge is 2.12. The van der Waals surface area contributed by atoms with Gasteiger partial charge < -0.3 is 5.11 Å². The summed E-state index contributed by atoms with van der Waals surface area (Å²) in [5.74, 6) is 0.417. The van der Waals surface area contributed by atoms with Crippen LogP contribution in [0.5, 0.6) is 0 Å². The molecule has 0 aliphatic rings. The number of aliphatic hydroxyl groups is 1. The van der Waals surface area contributed by atoms with Crippen molar-refractivity contribution in [1.29, 1.82) is 0 Å². The molecule has 98 valence electrons. The van der Waals surface area contributed by atoms with E-state index in [1.807, 2.05) is 42.5 Å². The molecule has 1 atom stereocenters. The lowest BCUT2D eigenvalue weighted by molar-refractivity contribution is 0.210. The zero-order valence-electron chi connectivity index (χ0n) is 10.8. The van der Waals surface area contributed by atoms with Crippen molar-refractivity contribution in [2.24, 2.45) is 0 Å². The molecule has 3 nitrogen and oxygen atoms in total. The van der Waals surface area contributed by atoms with Gasteiger partial charge >= 0.3 is 0 Å². The molecule has 20 heavy (non-hydrogen) atoms. The van der Waals surface area contributed by atoms with E-state index in [0.29, 0.717) is 5.82 Å². The number of nitrogens with zero attached hydrogens (tertiary/aromatic N) is 2. The normalized spacial score (nSPS) is 12.1. The largest absolute Gasteiger partial charge is 0.380 e. The van der Waals surface area contributed by atoms with Crippen LogP contribution in [0.25, 0.3) is 11.1 Å². The Labute approximate surface area is 117 Å². The van der Waals surface area contributed by atoms with E-state index in [0.717, 1.165) is 16.7 Å². The fourth-order valence-electron chi connectivity index (χ4n) is 2.09. The van der Waals surface area contributed by atoms with E-state index in [4.69, 9.17) is 0 Å². The van der Waals surface area contributed by atoms with E-state index in [1.54, 1.807) is 18.5 Å². The topological polar surface area (TPSA) is 46.0 Å². The van der Waals surface area contributed by atoms with Crippen LogP contribution in [0.1, 0.15) is 17.5 Å². The van der Waals surface area contributed by atoms with Gasteiger partial charge in [0.05, 0.1) is 0 Å². The third-order valence-corrected chi connectivity index (χ3v) is 3.16. The molecule has 1 N–H and O–H groups in total. The molecule has 0 amide bonds. The fourth-order valence-corrected chi connectivity index (χ4v) is 2.09. The number of benzene rings is 2. The molecule has 2 aromatic carbocycles. The second-order valence-electron chi connectivity index (χ2n) is 4.50. The van der Waals surface area contributed by atoms with E-state index in [2.05, 4.69) is 22.1 Å². The fraction of sp³-hybridized carbons (Fsp3) is 0.0588. The summed E-state index contributed by atoms with van der Waals surface area (Å²) in [4.78, 5) is 8.15. The van der Waals surface area contributed by atoms with Crippen molar-refractivity contribution in [3.63, 3.8) is 0 Å². The lowest BCUT2D eigenvalue weighted by Crippen LogP contribution is -2.04. The predicted molar refractivity (Wildman–Crippen MR) is 78.0 cm³/mol. The Morgan fingerprint density at radius 1 is 0.700 bits per heavy atom. The van der Waals surface area contributed by atoms with Crippen LogP contribution < -0.4 is 0 Å². The Morgan fingerprint density at radius 3 is 1.95 bits per heavy atom. The Bertz CT molecular complexity index is 666. The van der Waals surface area contributed by atoms with Crippen molar-refractivity contribution in [3.05, 3.63) is 84.4 Å². The smallest absolute Gasteiger partial charge is 0.161 e. The molecule has 0 bridgehead atoms. The van der Waals surface area contributed by atoms with Gasteiger partial charge in [-0.1, -0.05) is 54.6 Å². The molecule has 1 unspecified atom stereocenters. The molecule has 0 spiro atoms. The molecule has 1 aromatic heterocycles. The third kappa shape index (κ3) is 2.58. The van der Waals surface area contributed by atoms with Gasteiger partial charge in [-0.2, -0.15) is 0 Å². The summed E-state index contributed by atoms with van der Waals surface area (Å²) in [5.41, 5.74) is 3.07. The second kappa shape index (κ2) is 5.63. The molecule has 3 rings (SSSR count). The first-order valence-corrected chi connectivity index (χ1v) is 6.45. The molecule has 0 saturated carbocycles. The summed E-state index contributed by atoms with van der Waals surface area (Å²) in [7, 11) is 0. The van der Waals surface area contributed by atoms with Gasteiger partial charge in [0.15, 0.2) is 5.82 Å². The van der Waals surface area contributed by atoms with Gasteiger partial charge in [0.1, 0.15) is 6.10 Å². The van der Waals surface area contributed by atoms with Crippen LogP contribution in [0.4, 0.5) is 0 Å². The Balaban J connectivity index is 1.87. The van der Waals surface area contributed by atoms with Crippen LogP contribution in [0.2, 0.25) is 0 Å². The maximum Gasteiger partial charge on any atom is 0.161 e. The molecular formula is C17H14N2O.